The molecule has 0 bridgehead atoms. The summed E-state index contributed by atoms with van der Waals surface area (Å²) in [6.45, 7) is 4.74. The number of aryl methyl sites for hydroxylation is 1. The van der Waals surface area contributed by atoms with Gasteiger partial charge in [0.05, 0.1) is 6.61 Å². The summed E-state index contributed by atoms with van der Waals surface area (Å²) >= 11 is 6.39. The van der Waals surface area contributed by atoms with E-state index >= 15 is 0 Å². The van der Waals surface area contributed by atoms with Gasteiger partial charge in [0.1, 0.15) is 11.8 Å². The Morgan fingerprint density at radius 3 is 2.48 bits per heavy atom. The second kappa shape index (κ2) is 12.6. The number of nitrogens with one attached hydrogen (secondary N) is 1. The van der Waals surface area contributed by atoms with Crippen LogP contribution < -0.4 is 10.1 Å². The fraction of sp³-hybridized carbons (Fsp3) is 0.481. The SMILES string of the molecule is CC[C@@H](C(=O)NC1CCCC1)N(Cc1ccccc1Cl)C(=O)CCCOc1ccc(C)cc1. The minimum absolute atomic E-state index is 0.0594. The standard InChI is InChI=1S/C27H35ClN2O3/c1-3-25(27(32)29-22-10-5-6-11-22)30(19-21-9-4-7-12-24(21)28)26(31)13-8-18-33-23-16-14-20(2)15-17-23/h4,7,9,12,14-17,22,25H,3,5-6,8,10-11,13,18-19H2,1-2H3,(H,29,32)/t25-/m0/s1. The molecule has 2 aromatic carbocycles. The molecule has 2 amide bonds. The number of benzene rings is 2. The third-order valence-electron chi connectivity index (χ3n) is 6.21. The van der Waals surface area contributed by atoms with Gasteiger partial charge in [-0.15, -0.1) is 0 Å². The Labute approximate surface area is 202 Å². The van der Waals surface area contributed by atoms with E-state index in [1.54, 1.807) is 4.90 Å². The van der Waals surface area contributed by atoms with E-state index in [0.29, 0.717) is 37.4 Å². The molecule has 0 aromatic heterocycles. The number of amides is 2. The molecule has 1 fully saturated rings. The van der Waals surface area contributed by atoms with Crippen molar-refractivity contribution in [2.45, 2.75) is 77.4 Å². The maximum atomic E-state index is 13.3. The van der Waals surface area contributed by atoms with Crippen molar-refractivity contribution in [2.75, 3.05) is 6.61 Å². The van der Waals surface area contributed by atoms with Gasteiger partial charge in [-0.3, -0.25) is 9.59 Å². The lowest BCUT2D eigenvalue weighted by Crippen LogP contribution is -2.51. The summed E-state index contributed by atoms with van der Waals surface area (Å²) in [7, 11) is 0. The van der Waals surface area contributed by atoms with E-state index in [1.807, 2.05) is 62.4 Å². The maximum absolute atomic E-state index is 13.3. The van der Waals surface area contributed by atoms with E-state index in [0.717, 1.165) is 37.0 Å². The summed E-state index contributed by atoms with van der Waals surface area (Å²) in [4.78, 5) is 28.1. The zero-order valence-corrected chi connectivity index (χ0v) is 20.4. The van der Waals surface area contributed by atoms with Crippen molar-refractivity contribution in [3.8, 4) is 5.75 Å². The monoisotopic (exact) mass is 470 g/mol. The van der Waals surface area contributed by atoms with E-state index in [1.165, 1.54) is 5.56 Å². The summed E-state index contributed by atoms with van der Waals surface area (Å²) in [6.07, 6.45) is 5.74. The Morgan fingerprint density at radius 2 is 1.82 bits per heavy atom. The highest BCUT2D eigenvalue weighted by Gasteiger charge is 2.30. The molecule has 1 saturated carbocycles. The van der Waals surface area contributed by atoms with Crippen LogP contribution in [-0.2, 0) is 16.1 Å². The van der Waals surface area contributed by atoms with Crippen LogP contribution in [0.15, 0.2) is 48.5 Å². The maximum Gasteiger partial charge on any atom is 0.243 e. The number of rotatable bonds is 11. The third kappa shape index (κ3) is 7.50. The first kappa shape index (κ1) is 25.1. The average molecular weight is 471 g/mol. The first-order valence-corrected chi connectivity index (χ1v) is 12.4. The minimum atomic E-state index is -0.521. The Balaban J connectivity index is 1.65. The molecule has 1 N–H and O–H groups in total. The van der Waals surface area contributed by atoms with Crippen LogP contribution in [0, 0.1) is 6.92 Å². The second-order valence-corrected chi connectivity index (χ2v) is 9.20. The quantitative estimate of drug-likeness (QED) is 0.430. The molecule has 178 valence electrons. The van der Waals surface area contributed by atoms with Gasteiger partial charge in [-0.25, -0.2) is 0 Å². The number of hydrogen-bond acceptors (Lipinski definition) is 3. The van der Waals surface area contributed by atoms with E-state index < -0.39 is 6.04 Å². The van der Waals surface area contributed by atoms with Gasteiger partial charge in [-0.1, -0.05) is 67.3 Å². The first-order chi connectivity index (χ1) is 16.0. The molecule has 1 atom stereocenters. The predicted octanol–water partition coefficient (Wildman–Crippen LogP) is 5.67. The van der Waals surface area contributed by atoms with Gasteiger partial charge in [0.25, 0.3) is 0 Å². The molecule has 1 aliphatic carbocycles. The number of hydrogen-bond donors (Lipinski definition) is 1. The zero-order chi connectivity index (χ0) is 23.6. The van der Waals surface area contributed by atoms with Crippen molar-refractivity contribution in [3.05, 3.63) is 64.7 Å². The lowest BCUT2D eigenvalue weighted by atomic mass is 10.1. The van der Waals surface area contributed by atoms with Crippen LogP contribution in [0.5, 0.6) is 5.75 Å². The number of halogens is 1. The molecule has 0 spiro atoms. The minimum Gasteiger partial charge on any atom is -0.494 e. The topological polar surface area (TPSA) is 58.6 Å². The Hall–Kier alpha value is -2.53. The summed E-state index contributed by atoms with van der Waals surface area (Å²) in [5.41, 5.74) is 2.02. The Kier molecular flexibility index (Phi) is 9.61. The Morgan fingerprint density at radius 1 is 1.12 bits per heavy atom. The fourth-order valence-electron chi connectivity index (χ4n) is 4.29. The van der Waals surface area contributed by atoms with Crippen LogP contribution >= 0.6 is 11.6 Å². The van der Waals surface area contributed by atoms with E-state index in [9.17, 15) is 9.59 Å². The highest BCUT2D eigenvalue weighted by atomic mass is 35.5. The third-order valence-corrected chi connectivity index (χ3v) is 6.58. The van der Waals surface area contributed by atoms with Crippen molar-refractivity contribution in [1.82, 2.24) is 10.2 Å². The van der Waals surface area contributed by atoms with Gasteiger partial charge in [-0.05, 0) is 56.4 Å². The van der Waals surface area contributed by atoms with Crippen LogP contribution in [0.25, 0.3) is 0 Å². The largest absolute Gasteiger partial charge is 0.494 e. The Bertz CT molecular complexity index is 910. The molecule has 33 heavy (non-hydrogen) atoms. The average Bonchev–Trinajstić information content (AvgIpc) is 3.32. The van der Waals surface area contributed by atoms with Gasteiger partial charge in [0.15, 0.2) is 0 Å². The molecule has 0 radical (unpaired) electrons. The van der Waals surface area contributed by atoms with Crippen molar-refractivity contribution >= 4 is 23.4 Å². The molecule has 0 unspecified atom stereocenters. The van der Waals surface area contributed by atoms with Crippen molar-refractivity contribution < 1.29 is 14.3 Å². The number of carbonyl (C=O) groups excluding carboxylic acids is 2. The molecule has 6 heteroatoms. The lowest BCUT2D eigenvalue weighted by Gasteiger charge is -2.32. The molecule has 0 heterocycles. The molecule has 0 aliphatic heterocycles. The van der Waals surface area contributed by atoms with E-state index in [2.05, 4.69) is 5.32 Å². The van der Waals surface area contributed by atoms with E-state index in [4.69, 9.17) is 16.3 Å². The van der Waals surface area contributed by atoms with E-state index in [-0.39, 0.29) is 17.9 Å². The number of carbonyl (C=O) groups is 2. The molecule has 5 nitrogen and oxygen atoms in total. The van der Waals surface area contributed by atoms with Crippen molar-refractivity contribution in [2.24, 2.45) is 0 Å². The van der Waals surface area contributed by atoms with Crippen LogP contribution in [0.3, 0.4) is 0 Å². The molecule has 1 aliphatic rings. The fourth-order valence-corrected chi connectivity index (χ4v) is 4.48. The predicted molar refractivity (Wildman–Crippen MR) is 132 cm³/mol. The number of ether oxygens (including phenoxy) is 1. The van der Waals surface area contributed by atoms with Gasteiger partial charge in [-0.2, -0.15) is 0 Å². The molecule has 0 saturated heterocycles. The molecule has 3 rings (SSSR count). The highest BCUT2D eigenvalue weighted by molar-refractivity contribution is 6.31. The second-order valence-electron chi connectivity index (χ2n) is 8.79. The first-order valence-electron chi connectivity index (χ1n) is 12.0. The lowest BCUT2D eigenvalue weighted by molar-refractivity contribution is -0.141. The highest BCUT2D eigenvalue weighted by Crippen LogP contribution is 2.22. The van der Waals surface area contributed by atoms with Gasteiger partial charge in [0.2, 0.25) is 11.8 Å². The molecular weight excluding hydrogens is 436 g/mol. The van der Waals surface area contributed by atoms with Crippen LogP contribution in [0.4, 0.5) is 0 Å². The van der Waals surface area contributed by atoms with Crippen LogP contribution in [0.2, 0.25) is 5.02 Å². The van der Waals surface area contributed by atoms with Gasteiger partial charge < -0.3 is 15.0 Å². The van der Waals surface area contributed by atoms with Crippen molar-refractivity contribution in [3.63, 3.8) is 0 Å². The summed E-state index contributed by atoms with van der Waals surface area (Å²) in [5, 5.41) is 3.77. The summed E-state index contributed by atoms with van der Waals surface area (Å²) in [5.74, 6) is 0.667. The molecule has 2 aromatic rings. The smallest absolute Gasteiger partial charge is 0.243 e. The zero-order valence-electron chi connectivity index (χ0n) is 19.7. The van der Waals surface area contributed by atoms with Crippen LogP contribution in [0.1, 0.15) is 63.0 Å². The number of nitrogens with zero attached hydrogens (tertiary/aromatic N) is 1. The van der Waals surface area contributed by atoms with Crippen molar-refractivity contribution in [1.29, 1.82) is 0 Å². The van der Waals surface area contributed by atoms with Crippen LogP contribution in [-0.4, -0.2) is 35.4 Å². The van der Waals surface area contributed by atoms with Gasteiger partial charge >= 0.3 is 0 Å². The normalized spacial score (nSPS) is 14.6. The van der Waals surface area contributed by atoms with Gasteiger partial charge in [0, 0.05) is 24.0 Å². The summed E-state index contributed by atoms with van der Waals surface area (Å²) in [6, 6.07) is 15.0. The summed E-state index contributed by atoms with van der Waals surface area (Å²) < 4.78 is 5.78. The molecular formula is C27H35ClN2O3.